The van der Waals surface area contributed by atoms with Crippen molar-refractivity contribution in [3.05, 3.63) is 0 Å². The van der Waals surface area contributed by atoms with Gasteiger partial charge in [-0.3, -0.25) is 0 Å². The minimum atomic E-state index is -5.14. The molecule has 0 rings (SSSR count). The Morgan fingerprint density at radius 3 is 1.38 bits per heavy atom. The zero-order chi connectivity index (χ0) is 4.50. The van der Waals surface area contributed by atoms with Crippen LogP contribution in [0.15, 0.2) is 0 Å². The summed E-state index contributed by atoms with van der Waals surface area (Å²) in [6.07, 6.45) is 0. The first kappa shape index (κ1) is 22.5. The molecule has 0 aliphatic rings. The second-order valence-electron chi connectivity index (χ2n) is 0.469. The molecule has 0 bridgehead atoms. The van der Waals surface area contributed by atoms with Gasteiger partial charge in [-0.2, -0.15) is 0 Å². The zero-order valence-electron chi connectivity index (χ0n) is 3.94. The predicted molar refractivity (Wildman–Crippen MR) is 16.3 cm³/mol. The molecule has 0 fully saturated rings. The maximum absolute atomic E-state index is 8.66. The Labute approximate surface area is 88.8 Å². The average molecular weight is 217 g/mol. The quantitative estimate of drug-likeness (QED) is 0.351. The first-order valence-corrected chi connectivity index (χ1v) is 2.24. The van der Waals surface area contributed by atoms with E-state index in [1.54, 1.807) is 0 Å². The van der Waals surface area contributed by atoms with Gasteiger partial charge in [-0.25, -0.2) is 0 Å². The van der Waals surface area contributed by atoms with Crippen LogP contribution in [0.4, 0.5) is 0 Å². The van der Waals surface area contributed by atoms with E-state index in [0.717, 1.165) is 0 Å². The van der Waals surface area contributed by atoms with E-state index in [1.165, 1.54) is 0 Å². The maximum atomic E-state index is 8.66. The first-order chi connectivity index (χ1) is 2.00. The summed E-state index contributed by atoms with van der Waals surface area (Å²) in [5, 5.41) is 0. The summed E-state index contributed by atoms with van der Waals surface area (Å²) in [5.74, 6) is 0. The second kappa shape index (κ2) is 8.95. The summed E-state index contributed by atoms with van der Waals surface area (Å²) < 4.78 is 8.66. The Morgan fingerprint density at radius 2 is 1.38 bits per heavy atom. The van der Waals surface area contributed by atoms with E-state index in [1.807, 2.05) is 0 Å². The van der Waals surface area contributed by atoms with E-state index in [0.29, 0.717) is 0 Å². The topological polar surface area (TPSA) is 112 Å². The van der Waals surface area contributed by atoms with Crippen molar-refractivity contribution in [2.75, 3.05) is 0 Å². The fourth-order valence-electron chi connectivity index (χ4n) is 0. The van der Waals surface area contributed by atoms with Gasteiger partial charge in [-0.15, -0.1) is 0 Å². The molecule has 40 valence electrons. The standard InChI is InChI=1S/Ca.H3O4P.O.Zn/c;1-5(2,3)4;;/h;(H3,1,2,3,4);;/q+2;;-2;+2/p-2. The van der Waals surface area contributed by atoms with Gasteiger partial charge in [0, 0.05) is 0 Å². The molecule has 0 amide bonds. The second-order valence-corrected chi connectivity index (χ2v) is 1.41. The van der Waals surface area contributed by atoms with Gasteiger partial charge < -0.3 is 24.7 Å². The molecule has 0 radical (unpaired) electrons. The molecule has 0 aliphatic heterocycles. The summed E-state index contributed by atoms with van der Waals surface area (Å²) >= 11 is 0. The smallest absolute Gasteiger partial charge is 2.00 e. The van der Waals surface area contributed by atoms with Crippen molar-refractivity contribution >= 4 is 45.6 Å². The third-order valence-corrected chi connectivity index (χ3v) is 0. The number of hydrogen-bond acceptors (Lipinski definition) is 3. The van der Waals surface area contributed by atoms with Crippen LogP contribution in [0.2, 0.25) is 0 Å². The minimum absolute atomic E-state index is 0. The molecule has 5 nitrogen and oxygen atoms in total. The van der Waals surface area contributed by atoms with E-state index in [9.17, 15) is 0 Å². The normalized spacial score (nSPS) is 7.38. The van der Waals surface area contributed by atoms with Crippen LogP contribution in [0.3, 0.4) is 0 Å². The third-order valence-electron chi connectivity index (χ3n) is 0. The molecule has 0 spiro atoms. The molecule has 0 aromatic heterocycles. The van der Waals surface area contributed by atoms with Gasteiger partial charge in [0.05, 0.1) is 7.82 Å². The Bertz CT molecular complexity index is 58.6. The molecule has 0 saturated heterocycles. The third kappa shape index (κ3) is 101. The summed E-state index contributed by atoms with van der Waals surface area (Å²) in [5.41, 5.74) is 0. The summed E-state index contributed by atoms with van der Waals surface area (Å²) in [6.45, 7) is 0. The van der Waals surface area contributed by atoms with Crippen LogP contribution in [0, 0.1) is 0 Å². The first-order valence-electron chi connectivity index (χ1n) is 0.748. The van der Waals surface area contributed by atoms with Gasteiger partial charge in [0.25, 0.3) is 0 Å². The van der Waals surface area contributed by atoms with Crippen LogP contribution in [0.5, 0.6) is 0 Å². The van der Waals surface area contributed by atoms with Crippen molar-refractivity contribution in [2.45, 2.75) is 0 Å². The average Bonchev–Trinajstić information content (AvgIpc) is 0.722. The van der Waals surface area contributed by atoms with Crippen LogP contribution in [0.1, 0.15) is 0 Å². The fourth-order valence-corrected chi connectivity index (χ4v) is 0. The monoisotopic (exact) mass is 216 g/mol. The predicted octanol–water partition coefficient (Wildman–Crippen LogP) is -2.69. The molecule has 0 saturated carbocycles. The Morgan fingerprint density at radius 1 is 1.38 bits per heavy atom. The molecular weight excluding hydrogens is 216 g/mol. The molecule has 1 N–H and O–H groups in total. The summed E-state index contributed by atoms with van der Waals surface area (Å²) in [4.78, 5) is 24.3. The van der Waals surface area contributed by atoms with Gasteiger partial charge in [-0.05, 0) is 0 Å². The number of rotatable bonds is 0. The van der Waals surface area contributed by atoms with Gasteiger partial charge in [0.1, 0.15) is 0 Å². The minimum Gasteiger partial charge on any atom is -2.00 e. The van der Waals surface area contributed by atoms with E-state index < -0.39 is 7.82 Å². The van der Waals surface area contributed by atoms with Gasteiger partial charge in [-0.1, -0.05) is 0 Å². The van der Waals surface area contributed by atoms with Crippen LogP contribution >= 0.6 is 7.82 Å². The Balaban J connectivity index is -0.0000000267. The molecule has 8 heteroatoms. The molecule has 0 aromatic rings. The van der Waals surface area contributed by atoms with Gasteiger partial charge in [0.15, 0.2) is 0 Å². The fraction of sp³-hybridized carbons (Fsp3) is 0. The van der Waals surface area contributed by atoms with Crippen LogP contribution in [0.25, 0.3) is 0 Å². The van der Waals surface area contributed by atoms with Crippen molar-refractivity contribution in [1.82, 2.24) is 0 Å². The largest absolute Gasteiger partial charge is 2.00 e. The summed E-state index contributed by atoms with van der Waals surface area (Å²) in [6, 6.07) is 0. The van der Waals surface area contributed by atoms with Crippen molar-refractivity contribution in [3.63, 3.8) is 0 Å². The molecule has 0 aromatic carbocycles. The zero-order valence-corrected chi connectivity index (χ0v) is 10.0. The van der Waals surface area contributed by atoms with E-state index >= 15 is 0 Å². The van der Waals surface area contributed by atoms with Crippen molar-refractivity contribution in [3.8, 4) is 0 Å². The van der Waals surface area contributed by atoms with Crippen molar-refractivity contribution < 1.29 is 44.2 Å². The van der Waals surface area contributed by atoms with Crippen molar-refractivity contribution in [2.24, 2.45) is 0 Å². The van der Waals surface area contributed by atoms with Crippen molar-refractivity contribution in [1.29, 1.82) is 0 Å². The van der Waals surface area contributed by atoms with E-state index in [4.69, 9.17) is 19.2 Å². The van der Waals surface area contributed by atoms with Gasteiger partial charge >= 0.3 is 57.2 Å². The number of hydrogen-bond donors (Lipinski definition) is 1. The molecule has 0 atom stereocenters. The molecule has 8 heavy (non-hydrogen) atoms. The van der Waals surface area contributed by atoms with Crippen LogP contribution < -0.4 is 9.79 Å². The van der Waals surface area contributed by atoms with Crippen LogP contribution in [-0.4, -0.2) is 42.6 Å². The molecule has 0 unspecified atom stereocenters. The maximum Gasteiger partial charge on any atom is 2.00 e. The number of phosphoric acid groups is 1. The van der Waals surface area contributed by atoms with E-state index in [2.05, 4.69) is 0 Å². The summed E-state index contributed by atoms with van der Waals surface area (Å²) in [7, 11) is -5.14. The molecule has 0 heterocycles. The Kier molecular flexibility index (Phi) is 25.2. The molecule has 0 aliphatic carbocycles. The SMILES string of the molecule is O=P([O-])([O-])O.[Ca+2].[O-2].[Zn+2]. The Hall–Kier alpha value is 1.95. The van der Waals surface area contributed by atoms with Crippen LogP contribution in [-0.2, 0) is 29.5 Å². The van der Waals surface area contributed by atoms with Gasteiger partial charge in [0.2, 0.25) is 0 Å². The van der Waals surface area contributed by atoms with E-state index in [-0.39, 0.29) is 62.7 Å². The molecular formula is HCaO5PZn.